The van der Waals surface area contributed by atoms with Gasteiger partial charge >= 0.3 is 0 Å². The number of nitrogens with one attached hydrogen (secondary N) is 3. The van der Waals surface area contributed by atoms with Crippen LogP contribution in [0, 0.1) is 6.92 Å². The molecule has 0 spiro atoms. The first-order valence-corrected chi connectivity index (χ1v) is 10.9. The van der Waals surface area contributed by atoms with Crippen LogP contribution in [0.4, 0.5) is 0 Å². The van der Waals surface area contributed by atoms with Crippen molar-refractivity contribution in [3.8, 4) is 17.2 Å². The Morgan fingerprint density at radius 1 is 0.935 bits per heavy atom. The molecule has 3 rings (SSSR count). The lowest BCUT2D eigenvalue weighted by Crippen LogP contribution is -3.28. The average Bonchev–Trinajstić information content (AvgIpc) is 2.78. The molecular weight excluding hydrogens is 394 g/mol. The smallest absolute Gasteiger partial charge is 0.275 e. The molecule has 0 aromatic heterocycles. The molecule has 0 aliphatic carbocycles. The van der Waals surface area contributed by atoms with Gasteiger partial charge in [-0.3, -0.25) is 4.79 Å². The van der Waals surface area contributed by atoms with E-state index < -0.39 is 0 Å². The maximum absolute atomic E-state index is 12.3. The summed E-state index contributed by atoms with van der Waals surface area (Å²) in [4.78, 5) is 15.2. The van der Waals surface area contributed by atoms with E-state index in [0.717, 1.165) is 38.5 Å². The number of quaternary nitrogens is 2. The van der Waals surface area contributed by atoms with Gasteiger partial charge in [0.25, 0.3) is 5.91 Å². The lowest BCUT2D eigenvalue weighted by atomic mass is 10.1. The summed E-state index contributed by atoms with van der Waals surface area (Å²) in [7, 11) is 3.34. The first-order chi connectivity index (χ1) is 15.1. The number of carbonyl (C=O) groups excluding carboxylic acids is 1. The standard InChI is InChI=1S/C24H33N3O4/c1-19-8-9-21(29-2)20(16-19)17-26-11-13-27(14-12-26)18-24(28)25-10-15-31-23-7-5-4-6-22(23)30-3/h4-9,16H,10-15,17-18H2,1-3H3,(H,25,28)/p+2. The Hall–Kier alpha value is -2.77. The number of carbonyl (C=O) groups is 1. The number of para-hydroxylation sites is 2. The van der Waals surface area contributed by atoms with Gasteiger partial charge in [0.1, 0.15) is 45.1 Å². The minimum Gasteiger partial charge on any atom is -0.496 e. The highest BCUT2D eigenvalue weighted by molar-refractivity contribution is 5.76. The second-order valence-electron chi connectivity index (χ2n) is 8.02. The fourth-order valence-electron chi connectivity index (χ4n) is 4.00. The van der Waals surface area contributed by atoms with Gasteiger partial charge in [0.2, 0.25) is 0 Å². The molecular formula is C24H35N3O4+2. The van der Waals surface area contributed by atoms with Crippen molar-refractivity contribution in [1.82, 2.24) is 5.32 Å². The summed E-state index contributed by atoms with van der Waals surface area (Å²) in [6.45, 7) is 8.57. The Bertz CT molecular complexity index is 850. The van der Waals surface area contributed by atoms with Gasteiger partial charge in [-0.15, -0.1) is 0 Å². The van der Waals surface area contributed by atoms with Crippen molar-refractivity contribution in [2.45, 2.75) is 13.5 Å². The molecule has 7 heteroatoms. The van der Waals surface area contributed by atoms with Gasteiger partial charge < -0.3 is 29.3 Å². The van der Waals surface area contributed by atoms with Crippen LogP contribution in [-0.2, 0) is 11.3 Å². The minimum atomic E-state index is 0.0717. The fourth-order valence-corrected chi connectivity index (χ4v) is 4.00. The molecule has 1 amide bonds. The van der Waals surface area contributed by atoms with Crippen molar-refractivity contribution in [3.63, 3.8) is 0 Å². The summed E-state index contributed by atoms with van der Waals surface area (Å²) in [6, 6.07) is 13.9. The highest BCUT2D eigenvalue weighted by Gasteiger charge is 2.25. The molecule has 0 bridgehead atoms. The van der Waals surface area contributed by atoms with Gasteiger partial charge in [-0.2, -0.15) is 0 Å². The predicted molar refractivity (Wildman–Crippen MR) is 119 cm³/mol. The van der Waals surface area contributed by atoms with Gasteiger partial charge in [0.15, 0.2) is 18.0 Å². The highest BCUT2D eigenvalue weighted by atomic mass is 16.5. The molecule has 0 radical (unpaired) electrons. The van der Waals surface area contributed by atoms with Gasteiger partial charge in [-0.1, -0.05) is 23.8 Å². The van der Waals surface area contributed by atoms with Crippen LogP contribution in [0.1, 0.15) is 11.1 Å². The maximum atomic E-state index is 12.3. The van der Waals surface area contributed by atoms with E-state index >= 15 is 0 Å². The van der Waals surface area contributed by atoms with Gasteiger partial charge in [0, 0.05) is 5.56 Å². The van der Waals surface area contributed by atoms with E-state index in [1.165, 1.54) is 16.0 Å². The van der Waals surface area contributed by atoms with E-state index in [1.54, 1.807) is 19.1 Å². The summed E-state index contributed by atoms with van der Waals surface area (Å²) >= 11 is 0. The largest absolute Gasteiger partial charge is 0.496 e. The lowest BCUT2D eigenvalue weighted by molar-refractivity contribution is -1.02. The van der Waals surface area contributed by atoms with Crippen molar-refractivity contribution < 1.29 is 28.8 Å². The van der Waals surface area contributed by atoms with Crippen molar-refractivity contribution in [1.29, 1.82) is 0 Å². The molecule has 1 aliphatic heterocycles. The summed E-state index contributed by atoms with van der Waals surface area (Å²) < 4.78 is 16.5. The number of hydrogen-bond donors (Lipinski definition) is 3. The summed E-state index contributed by atoms with van der Waals surface area (Å²) in [5, 5.41) is 2.96. The van der Waals surface area contributed by atoms with Crippen LogP contribution in [-0.4, -0.2) is 66.0 Å². The van der Waals surface area contributed by atoms with Crippen LogP contribution in [0.5, 0.6) is 17.2 Å². The number of benzene rings is 2. The van der Waals surface area contributed by atoms with Crippen LogP contribution in [0.2, 0.25) is 0 Å². The maximum Gasteiger partial charge on any atom is 0.275 e. The molecule has 0 unspecified atom stereocenters. The zero-order valence-electron chi connectivity index (χ0n) is 18.8. The van der Waals surface area contributed by atoms with E-state index in [4.69, 9.17) is 14.2 Å². The number of piperazine rings is 1. The molecule has 0 saturated carbocycles. The highest BCUT2D eigenvalue weighted by Crippen LogP contribution is 2.25. The molecule has 1 fully saturated rings. The normalized spacial score (nSPS) is 18.3. The third kappa shape index (κ3) is 6.87. The molecule has 7 nitrogen and oxygen atoms in total. The van der Waals surface area contributed by atoms with E-state index in [-0.39, 0.29) is 5.91 Å². The Morgan fingerprint density at radius 3 is 2.32 bits per heavy atom. The van der Waals surface area contributed by atoms with Crippen molar-refractivity contribution in [2.75, 3.05) is 60.1 Å². The van der Waals surface area contributed by atoms with Gasteiger partial charge in [-0.05, 0) is 31.2 Å². The quantitative estimate of drug-likeness (QED) is 0.445. The Kier molecular flexibility index (Phi) is 8.55. The zero-order valence-corrected chi connectivity index (χ0v) is 18.8. The number of hydrogen-bond acceptors (Lipinski definition) is 4. The molecule has 168 valence electrons. The Morgan fingerprint density at radius 2 is 1.61 bits per heavy atom. The molecule has 3 N–H and O–H groups in total. The molecule has 31 heavy (non-hydrogen) atoms. The van der Waals surface area contributed by atoms with Crippen molar-refractivity contribution in [3.05, 3.63) is 53.6 Å². The van der Waals surface area contributed by atoms with E-state index in [9.17, 15) is 4.79 Å². The van der Waals surface area contributed by atoms with Crippen LogP contribution >= 0.6 is 0 Å². The first kappa shape index (κ1) is 22.9. The monoisotopic (exact) mass is 429 g/mol. The van der Waals surface area contributed by atoms with Crippen LogP contribution in [0.15, 0.2) is 42.5 Å². The summed E-state index contributed by atoms with van der Waals surface area (Å²) in [5.74, 6) is 2.42. The average molecular weight is 430 g/mol. The minimum absolute atomic E-state index is 0.0717. The van der Waals surface area contributed by atoms with Crippen molar-refractivity contribution in [2.24, 2.45) is 0 Å². The number of amides is 1. The van der Waals surface area contributed by atoms with Crippen LogP contribution in [0.25, 0.3) is 0 Å². The Balaban J connectivity index is 1.35. The second-order valence-corrected chi connectivity index (χ2v) is 8.02. The molecule has 2 aromatic rings. The first-order valence-electron chi connectivity index (χ1n) is 10.9. The third-order valence-corrected chi connectivity index (χ3v) is 5.70. The Labute approximate surface area is 184 Å². The van der Waals surface area contributed by atoms with Crippen molar-refractivity contribution >= 4 is 5.91 Å². The summed E-state index contributed by atoms with van der Waals surface area (Å²) in [6.07, 6.45) is 0. The SMILES string of the molecule is COc1ccc(C)cc1C[NH+]1CC[NH+](CC(=O)NCCOc2ccccc2OC)CC1. The summed E-state index contributed by atoms with van der Waals surface area (Å²) in [5.41, 5.74) is 2.51. The topological polar surface area (TPSA) is 65.7 Å². The van der Waals surface area contributed by atoms with Gasteiger partial charge in [0.05, 0.1) is 20.8 Å². The van der Waals surface area contributed by atoms with E-state index in [1.807, 2.05) is 30.3 Å². The zero-order chi connectivity index (χ0) is 22.1. The molecule has 0 atom stereocenters. The van der Waals surface area contributed by atoms with Crippen LogP contribution in [0.3, 0.4) is 0 Å². The number of rotatable bonds is 10. The van der Waals surface area contributed by atoms with E-state index in [0.29, 0.717) is 31.2 Å². The van der Waals surface area contributed by atoms with E-state index in [2.05, 4.69) is 24.4 Å². The predicted octanol–water partition coefficient (Wildman–Crippen LogP) is -0.509. The third-order valence-electron chi connectivity index (χ3n) is 5.70. The van der Waals surface area contributed by atoms with Gasteiger partial charge in [-0.25, -0.2) is 0 Å². The second kappa shape index (κ2) is 11.6. The number of methoxy groups -OCH3 is 2. The number of ether oxygens (including phenoxy) is 3. The molecule has 2 aromatic carbocycles. The molecule has 1 heterocycles. The van der Waals surface area contributed by atoms with Crippen LogP contribution < -0.4 is 29.3 Å². The molecule has 1 aliphatic rings. The number of aryl methyl sites for hydroxylation is 1. The lowest BCUT2D eigenvalue weighted by Gasteiger charge is -2.29. The molecule has 1 saturated heterocycles. The fraction of sp³-hybridized carbons (Fsp3) is 0.458.